The van der Waals surface area contributed by atoms with E-state index >= 15 is 0 Å². The van der Waals surface area contributed by atoms with Crippen LogP contribution in [0.2, 0.25) is 0 Å². The van der Waals surface area contributed by atoms with Crippen LogP contribution in [0.5, 0.6) is 5.88 Å². The normalized spacial score (nSPS) is 13.9. The number of hydrogen-bond donors (Lipinski definition) is 2. The minimum absolute atomic E-state index is 0. The lowest BCUT2D eigenvalue weighted by molar-refractivity contribution is -0.117. The SMILES string of the molecule is CN=C(NCc1ccc(N2CCCC2=O)cc1)NCc1ccc(OC(C)C)nc1.I. The van der Waals surface area contributed by atoms with Gasteiger partial charge in [-0.2, -0.15) is 0 Å². The summed E-state index contributed by atoms with van der Waals surface area (Å²) in [6.07, 6.45) is 3.50. The highest BCUT2D eigenvalue weighted by Crippen LogP contribution is 2.21. The molecule has 0 atom stereocenters. The molecule has 3 rings (SSSR count). The second-order valence-corrected chi connectivity index (χ2v) is 7.27. The molecule has 1 amide bonds. The Kier molecular flexibility index (Phi) is 9.35. The van der Waals surface area contributed by atoms with E-state index in [1.165, 1.54) is 0 Å². The maximum absolute atomic E-state index is 11.8. The number of rotatable bonds is 7. The number of benzene rings is 1. The van der Waals surface area contributed by atoms with Crippen molar-refractivity contribution in [3.8, 4) is 5.88 Å². The maximum Gasteiger partial charge on any atom is 0.227 e. The summed E-state index contributed by atoms with van der Waals surface area (Å²) in [6.45, 7) is 6.03. The fourth-order valence-corrected chi connectivity index (χ4v) is 3.13. The molecule has 2 N–H and O–H groups in total. The van der Waals surface area contributed by atoms with Crippen molar-refractivity contribution in [1.82, 2.24) is 15.6 Å². The zero-order chi connectivity index (χ0) is 20.6. The van der Waals surface area contributed by atoms with Crippen LogP contribution in [-0.2, 0) is 17.9 Å². The standard InChI is InChI=1S/C22H29N5O2.HI/c1-16(2)29-20-11-8-18(14-24-20)15-26-22(23-3)25-13-17-6-9-19(10-7-17)27-12-4-5-21(27)28;/h6-11,14,16H,4-5,12-13,15H2,1-3H3,(H2,23,25,26);1H. The van der Waals surface area contributed by atoms with Crippen LogP contribution < -0.4 is 20.3 Å². The quantitative estimate of drug-likeness (QED) is 0.330. The fraction of sp³-hybridized carbons (Fsp3) is 0.409. The summed E-state index contributed by atoms with van der Waals surface area (Å²) >= 11 is 0. The first-order chi connectivity index (χ1) is 14.0. The molecule has 162 valence electrons. The van der Waals surface area contributed by atoms with Crippen LogP contribution in [0.3, 0.4) is 0 Å². The number of anilines is 1. The van der Waals surface area contributed by atoms with Gasteiger partial charge < -0.3 is 20.3 Å². The number of halogens is 1. The zero-order valence-corrected chi connectivity index (χ0v) is 20.1. The molecule has 1 aliphatic heterocycles. The number of ether oxygens (including phenoxy) is 1. The minimum Gasteiger partial charge on any atom is -0.475 e. The molecule has 30 heavy (non-hydrogen) atoms. The van der Waals surface area contributed by atoms with E-state index in [1.807, 2.05) is 55.1 Å². The average molecular weight is 523 g/mol. The number of nitrogens with one attached hydrogen (secondary N) is 2. The van der Waals surface area contributed by atoms with Gasteiger partial charge in [0.25, 0.3) is 0 Å². The lowest BCUT2D eigenvalue weighted by Gasteiger charge is -2.16. The van der Waals surface area contributed by atoms with Crippen molar-refractivity contribution in [3.63, 3.8) is 0 Å². The summed E-state index contributed by atoms with van der Waals surface area (Å²) in [5, 5.41) is 6.59. The van der Waals surface area contributed by atoms with Crippen molar-refractivity contribution in [1.29, 1.82) is 0 Å². The third-order valence-electron chi connectivity index (χ3n) is 4.62. The van der Waals surface area contributed by atoms with Crippen molar-refractivity contribution in [2.75, 3.05) is 18.5 Å². The number of nitrogens with zero attached hydrogens (tertiary/aromatic N) is 3. The Morgan fingerprint density at radius 1 is 1.13 bits per heavy atom. The molecule has 2 aromatic rings. The predicted octanol–water partition coefficient (Wildman–Crippen LogP) is 3.48. The van der Waals surface area contributed by atoms with Gasteiger partial charge in [0.2, 0.25) is 11.8 Å². The third kappa shape index (κ3) is 6.86. The summed E-state index contributed by atoms with van der Waals surface area (Å²) in [5.41, 5.74) is 3.14. The molecule has 1 saturated heterocycles. The maximum atomic E-state index is 11.8. The third-order valence-corrected chi connectivity index (χ3v) is 4.62. The Hall–Kier alpha value is -2.36. The summed E-state index contributed by atoms with van der Waals surface area (Å²) in [5.74, 6) is 1.55. The topological polar surface area (TPSA) is 78.9 Å². The number of aliphatic imine (C=N–C) groups is 1. The first-order valence-corrected chi connectivity index (χ1v) is 10.0. The van der Waals surface area contributed by atoms with Gasteiger partial charge >= 0.3 is 0 Å². The van der Waals surface area contributed by atoms with Crippen LogP contribution in [-0.4, -0.2) is 36.5 Å². The van der Waals surface area contributed by atoms with Crippen LogP contribution in [0.15, 0.2) is 47.6 Å². The van der Waals surface area contributed by atoms with Crippen LogP contribution in [0, 0.1) is 0 Å². The zero-order valence-electron chi connectivity index (χ0n) is 17.7. The van der Waals surface area contributed by atoms with E-state index in [2.05, 4.69) is 20.6 Å². The molecule has 8 heteroatoms. The monoisotopic (exact) mass is 523 g/mol. The molecule has 1 aromatic heterocycles. The van der Waals surface area contributed by atoms with Gasteiger partial charge in [0.05, 0.1) is 6.10 Å². The summed E-state index contributed by atoms with van der Waals surface area (Å²) in [7, 11) is 1.75. The summed E-state index contributed by atoms with van der Waals surface area (Å²) in [4.78, 5) is 22.3. The van der Waals surface area contributed by atoms with Gasteiger partial charge in [0.1, 0.15) is 0 Å². The molecule has 1 fully saturated rings. The van der Waals surface area contributed by atoms with Gasteiger partial charge in [-0.3, -0.25) is 9.79 Å². The highest BCUT2D eigenvalue weighted by Gasteiger charge is 2.21. The van der Waals surface area contributed by atoms with E-state index < -0.39 is 0 Å². The average Bonchev–Trinajstić information content (AvgIpc) is 3.15. The second-order valence-electron chi connectivity index (χ2n) is 7.27. The number of carbonyl (C=O) groups excluding carboxylic acids is 1. The van der Waals surface area contributed by atoms with Gasteiger partial charge in [-0.05, 0) is 43.5 Å². The van der Waals surface area contributed by atoms with Gasteiger partial charge in [0, 0.05) is 51.1 Å². The molecule has 1 aromatic carbocycles. The molecule has 7 nitrogen and oxygen atoms in total. The van der Waals surface area contributed by atoms with Gasteiger partial charge in [-0.15, -0.1) is 24.0 Å². The van der Waals surface area contributed by atoms with Crippen molar-refractivity contribution in [3.05, 3.63) is 53.7 Å². The minimum atomic E-state index is 0. The van der Waals surface area contributed by atoms with Gasteiger partial charge in [-0.1, -0.05) is 18.2 Å². The van der Waals surface area contributed by atoms with Crippen molar-refractivity contribution < 1.29 is 9.53 Å². The Balaban J connectivity index is 0.00000320. The van der Waals surface area contributed by atoms with Crippen molar-refractivity contribution in [2.24, 2.45) is 4.99 Å². The Labute approximate surface area is 195 Å². The molecule has 0 saturated carbocycles. The highest BCUT2D eigenvalue weighted by atomic mass is 127. The first-order valence-electron chi connectivity index (χ1n) is 10.0. The number of amides is 1. The van der Waals surface area contributed by atoms with Crippen LogP contribution in [0.25, 0.3) is 0 Å². The molecule has 0 aliphatic carbocycles. The first kappa shape index (κ1) is 23.9. The molecule has 1 aliphatic rings. The van der Waals surface area contributed by atoms with E-state index in [0.717, 1.165) is 29.8 Å². The highest BCUT2D eigenvalue weighted by molar-refractivity contribution is 14.0. The van der Waals surface area contributed by atoms with E-state index in [1.54, 1.807) is 13.2 Å². The molecular formula is C22H30IN5O2. The predicted molar refractivity (Wildman–Crippen MR) is 130 cm³/mol. The number of carbonyl (C=O) groups is 1. The summed E-state index contributed by atoms with van der Waals surface area (Å²) in [6, 6.07) is 12.0. The molecule has 2 heterocycles. The van der Waals surface area contributed by atoms with Gasteiger partial charge in [-0.25, -0.2) is 4.98 Å². The van der Waals surface area contributed by atoms with E-state index in [-0.39, 0.29) is 36.0 Å². The largest absolute Gasteiger partial charge is 0.475 e. The Morgan fingerprint density at radius 2 is 1.80 bits per heavy atom. The lowest BCUT2D eigenvalue weighted by atomic mass is 10.2. The second kappa shape index (κ2) is 11.7. The van der Waals surface area contributed by atoms with E-state index in [9.17, 15) is 4.79 Å². The summed E-state index contributed by atoms with van der Waals surface area (Å²) < 4.78 is 5.56. The number of hydrogen-bond acceptors (Lipinski definition) is 4. The molecule has 0 unspecified atom stereocenters. The number of pyridine rings is 1. The molecule has 0 bridgehead atoms. The Morgan fingerprint density at radius 3 is 2.33 bits per heavy atom. The Bertz CT molecular complexity index is 838. The van der Waals surface area contributed by atoms with Crippen molar-refractivity contribution >= 4 is 41.5 Å². The van der Waals surface area contributed by atoms with E-state index in [4.69, 9.17) is 4.74 Å². The van der Waals surface area contributed by atoms with Crippen LogP contribution >= 0.6 is 24.0 Å². The van der Waals surface area contributed by atoms with Crippen LogP contribution in [0.4, 0.5) is 5.69 Å². The number of aromatic nitrogens is 1. The van der Waals surface area contributed by atoms with E-state index in [0.29, 0.717) is 31.3 Å². The molecular weight excluding hydrogens is 493 g/mol. The van der Waals surface area contributed by atoms with Gasteiger partial charge in [0.15, 0.2) is 5.96 Å². The fourth-order valence-electron chi connectivity index (χ4n) is 3.13. The smallest absolute Gasteiger partial charge is 0.227 e. The molecule has 0 radical (unpaired) electrons. The number of guanidine groups is 1. The molecule has 0 spiro atoms. The lowest BCUT2D eigenvalue weighted by Crippen LogP contribution is -2.36. The van der Waals surface area contributed by atoms with Crippen molar-refractivity contribution in [2.45, 2.75) is 45.9 Å². The van der Waals surface area contributed by atoms with Crippen LogP contribution in [0.1, 0.15) is 37.8 Å².